The van der Waals surface area contributed by atoms with Crippen molar-refractivity contribution in [3.05, 3.63) is 23.7 Å². The van der Waals surface area contributed by atoms with Crippen LogP contribution in [0.4, 0.5) is 0 Å². The van der Waals surface area contributed by atoms with Gasteiger partial charge in [-0.15, -0.1) is 0 Å². The van der Waals surface area contributed by atoms with Crippen molar-refractivity contribution in [2.75, 3.05) is 13.1 Å². The highest BCUT2D eigenvalue weighted by Crippen LogP contribution is 2.27. The zero-order valence-corrected chi connectivity index (χ0v) is 9.62. The second kappa shape index (κ2) is 3.56. The molecular weight excluding hydrogens is 200 g/mol. The van der Waals surface area contributed by atoms with Crippen molar-refractivity contribution in [3.63, 3.8) is 0 Å². The number of rotatable bonds is 1. The average Bonchev–Trinajstić information content (AvgIpc) is 2.84. The molecular formula is C12H16N4. The van der Waals surface area contributed by atoms with Gasteiger partial charge in [0.25, 0.3) is 0 Å². The van der Waals surface area contributed by atoms with Gasteiger partial charge in [0.1, 0.15) is 5.82 Å². The fourth-order valence-electron chi connectivity index (χ4n) is 2.41. The van der Waals surface area contributed by atoms with Crippen LogP contribution in [0.5, 0.6) is 0 Å². The van der Waals surface area contributed by atoms with Gasteiger partial charge in [0.2, 0.25) is 0 Å². The zero-order valence-electron chi connectivity index (χ0n) is 9.62. The zero-order chi connectivity index (χ0) is 11.1. The van der Waals surface area contributed by atoms with E-state index in [1.54, 1.807) is 0 Å². The molecule has 1 aliphatic heterocycles. The topological polar surface area (TPSA) is 53.6 Å². The molecule has 0 amide bonds. The van der Waals surface area contributed by atoms with Crippen LogP contribution in [0.15, 0.2) is 12.3 Å². The van der Waals surface area contributed by atoms with Gasteiger partial charge in [0.05, 0.1) is 5.52 Å². The Kier molecular flexibility index (Phi) is 2.17. The molecule has 16 heavy (non-hydrogen) atoms. The average molecular weight is 216 g/mol. The molecule has 4 heteroatoms. The van der Waals surface area contributed by atoms with E-state index in [1.807, 2.05) is 12.3 Å². The molecule has 0 spiro atoms. The summed E-state index contributed by atoms with van der Waals surface area (Å²) in [6, 6.07) is 2.01. The Morgan fingerprint density at radius 1 is 1.38 bits per heavy atom. The first-order chi connectivity index (χ1) is 7.75. The van der Waals surface area contributed by atoms with Gasteiger partial charge in [-0.05, 0) is 31.0 Å². The minimum absolute atomic E-state index is 0.494. The van der Waals surface area contributed by atoms with Crippen molar-refractivity contribution in [2.45, 2.75) is 19.8 Å². The fourth-order valence-corrected chi connectivity index (χ4v) is 2.41. The van der Waals surface area contributed by atoms with Gasteiger partial charge in [0, 0.05) is 18.7 Å². The SMILES string of the molecule is Cc1ccnc2nc(C3CNCC3C)[nH]c12. The molecule has 0 aromatic carbocycles. The van der Waals surface area contributed by atoms with Crippen LogP contribution in [-0.2, 0) is 0 Å². The number of imidazole rings is 1. The van der Waals surface area contributed by atoms with E-state index in [4.69, 9.17) is 0 Å². The van der Waals surface area contributed by atoms with Gasteiger partial charge in [-0.2, -0.15) is 0 Å². The highest BCUT2D eigenvalue weighted by Gasteiger charge is 2.27. The number of fused-ring (bicyclic) bond motifs is 1. The Labute approximate surface area is 94.5 Å². The third-order valence-corrected chi connectivity index (χ3v) is 3.49. The van der Waals surface area contributed by atoms with E-state index >= 15 is 0 Å². The molecule has 2 N–H and O–H groups in total. The molecule has 1 fully saturated rings. The number of nitrogens with one attached hydrogen (secondary N) is 2. The molecule has 2 aromatic rings. The number of nitrogens with zero attached hydrogens (tertiary/aromatic N) is 2. The number of pyridine rings is 1. The number of aryl methyl sites for hydroxylation is 1. The third-order valence-electron chi connectivity index (χ3n) is 3.49. The minimum Gasteiger partial charge on any atom is -0.340 e. The lowest BCUT2D eigenvalue weighted by Gasteiger charge is -2.09. The van der Waals surface area contributed by atoms with Crippen molar-refractivity contribution in [1.29, 1.82) is 0 Å². The first kappa shape index (κ1) is 9.78. The number of hydrogen-bond donors (Lipinski definition) is 2. The predicted molar refractivity (Wildman–Crippen MR) is 63.4 cm³/mol. The van der Waals surface area contributed by atoms with E-state index in [2.05, 4.69) is 34.1 Å². The molecule has 0 bridgehead atoms. The standard InChI is InChI=1S/C12H16N4/c1-7-3-4-14-12-10(7)15-11(16-12)9-6-13-5-8(9)2/h3-4,8-9,13H,5-6H2,1-2H3,(H,14,15,16). The summed E-state index contributed by atoms with van der Waals surface area (Å²) in [6.45, 7) is 6.44. The Hall–Kier alpha value is -1.42. The Balaban J connectivity index is 2.08. The monoisotopic (exact) mass is 216 g/mol. The van der Waals surface area contributed by atoms with Crippen LogP contribution in [0.3, 0.4) is 0 Å². The normalized spacial score (nSPS) is 25.4. The molecule has 3 heterocycles. The maximum Gasteiger partial charge on any atom is 0.177 e. The van der Waals surface area contributed by atoms with Crippen molar-refractivity contribution in [2.24, 2.45) is 5.92 Å². The molecule has 2 aromatic heterocycles. The minimum atomic E-state index is 0.494. The molecule has 0 radical (unpaired) electrons. The summed E-state index contributed by atoms with van der Waals surface area (Å²) in [7, 11) is 0. The van der Waals surface area contributed by atoms with Crippen LogP contribution in [0, 0.1) is 12.8 Å². The third kappa shape index (κ3) is 1.41. The lowest BCUT2D eigenvalue weighted by Crippen LogP contribution is -2.09. The highest BCUT2D eigenvalue weighted by atomic mass is 15.0. The Morgan fingerprint density at radius 2 is 2.25 bits per heavy atom. The number of aromatic amines is 1. The van der Waals surface area contributed by atoms with Gasteiger partial charge in [-0.3, -0.25) is 0 Å². The Bertz CT molecular complexity index is 517. The lowest BCUT2D eigenvalue weighted by atomic mass is 9.98. The molecule has 2 atom stereocenters. The number of H-pyrrole nitrogens is 1. The summed E-state index contributed by atoms with van der Waals surface area (Å²) in [6.07, 6.45) is 1.82. The van der Waals surface area contributed by atoms with Crippen molar-refractivity contribution >= 4 is 11.2 Å². The fraction of sp³-hybridized carbons (Fsp3) is 0.500. The smallest absolute Gasteiger partial charge is 0.177 e. The first-order valence-corrected chi connectivity index (χ1v) is 5.77. The predicted octanol–water partition coefficient (Wildman–Crippen LogP) is 1.59. The van der Waals surface area contributed by atoms with Gasteiger partial charge in [-0.25, -0.2) is 9.97 Å². The lowest BCUT2D eigenvalue weighted by molar-refractivity contribution is 0.551. The van der Waals surface area contributed by atoms with Gasteiger partial charge >= 0.3 is 0 Å². The van der Waals surface area contributed by atoms with Crippen molar-refractivity contribution < 1.29 is 0 Å². The Morgan fingerprint density at radius 3 is 2.94 bits per heavy atom. The second-order valence-corrected chi connectivity index (χ2v) is 4.69. The summed E-state index contributed by atoms with van der Waals surface area (Å²) in [5.74, 6) is 2.21. The number of aromatic nitrogens is 3. The van der Waals surface area contributed by atoms with E-state index in [0.29, 0.717) is 11.8 Å². The molecule has 0 saturated carbocycles. The van der Waals surface area contributed by atoms with Crippen LogP contribution < -0.4 is 5.32 Å². The second-order valence-electron chi connectivity index (χ2n) is 4.69. The quantitative estimate of drug-likeness (QED) is 0.761. The maximum absolute atomic E-state index is 4.60. The summed E-state index contributed by atoms with van der Waals surface area (Å²) in [4.78, 5) is 12.3. The van der Waals surface area contributed by atoms with Crippen LogP contribution in [0.25, 0.3) is 11.2 Å². The van der Waals surface area contributed by atoms with Gasteiger partial charge in [0.15, 0.2) is 5.65 Å². The summed E-state index contributed by atoms with van der Waals surface area (Å²) in [5.41, 5.74) is 3.13. The van der Waals surface area contributed by atoms with Gasteiger partial charge < -0.3 is 10.3 Å². The molecule has 3 rings (SSSR count). The highest BCUT2D eigenvalue weighted by molar-refractivity contribution is 5.74. The molecule has 1 aliphatic rings. The number of hydrogen-bond acceptors (Lipinski definition) is 3. The summed E-state index contributed by atoms with van der Waals surface area (Å²) < 4.78 is 0. The van der Waals surface area contributed by atoms with Crippen LogP contribution in [0.1, 0.15) is 24.2 Å². The largest absolute Gasteiger partial charge is 0.340 e. The van der Waals surface area contributed by atoms with Crippen LogP contribution in [0.2, 0.25) is 0 Å². The molecule has 4 nitrogen and oxygen atoms in total. The molecule has 0 aliphatic carbocycles. The van der Waals surface area contributed by atoms with E-state index in [0.717, 1.165) is 30.1 Å². The molecule has 1 saturated heterocycles. The first-order valence-electron chi connectivity index (χ1n) is 5.77. The van der Waals surface area contributed by atoms with Crippen molar-refractivity contribution in [1.82, 2.24) is 20.3 Å². The van der Waals surface area contributed by atoms with E-state index in [-0.39, 0.29) is 0 Å². The van der Waals surface area contributed by atoms with E-state index < -0.39 is 0 Å². The van der Waals surface area contributed by atoms with E-state index in [9.17, 15) is 0 Å². The maximum atomic E-state index is 4.60. The van der Waals surface area contributed by atoms with Crippen molar-refractivity contribution in [3.8, 4) is 0 Å². The summed E-state index contributed by atoms with van der Waals surface area (Å²) >= 11 is 0. The van der Waals surface area contributed by atoms with Gasteiger partial charge in [-0.1, -0.05) is 6.92 Å². The van der Waals surface area contributed by atoms with Crippen LogP contribution in [-0.4, -0.2) is 28.0 Å². The summed E-state index contributed by atoms with van der Waals surface area (Å²) in [5, 5.41) is 3.40. The van der Waals surface area contributed by atoms with E-state index in [1.165, 1.54) is 5.56 Å². The molecule has 2 unspecified atom stereocenters. The molecule has 84 valence electrons. The van der Waals surface area contributed by atoms with Crippen LogP contribution >= 0.6 is 0 Å².